The van der Waals surface area contributed by atoms with Gasteiger partial charge in [0.05, 0.1) is 5.58 Å². The Morgan fingerprint density at radius 3 is 2.30 bits per heavy atom. The minimum Gasteiger partial charge on any atom is -0.500 e. The number of hydrogen-bond donors (Lipinski definition) is 0. The van der Waals surface area contributed by atoms with Crippen LogP contribution in [0.5, 0.6) is 0 Å². The molecule has 0 aliphatic heterocycles. The molecule has 1 saturated carbocycles. The summed E-state index contributed by atoms with van der Waals surface area (Å²) in [7, 11) is 0. The molecule has 3 nitrogen and oxygen atoms in total. The Hall–Kier alpha value is -4.89. The van der Waals surface area contributed by atoms with Crippen LogP contribution in [0, 0.1) is 36.7 Å². The summed E-state index contributed by atoms with van der Waals surface area (Å²) >= 11 is 0. The Labute approximate surface area is 341 Å². The van der Waals surface area contributed by atoms with Crippen LogP contribution >= 0.6 is 0 Å². The molecule has 1 aliphatic rings. The number of benzene rings is 5. The van der Waals surface area contributed by atoms with Gasteiger partial charge in [0.2, 0.25) is 0 Å². The molecular formula is C50H46IrN2O-2. The van der Waals surface area contributed by atoms with E-state index in [0.717, 1.165) is 69.0 Å². The molecule has 0 amide bonds. The topological polar surface area (TPSA) is 38.9 Å². The molecule has 9 rings (SSSR count). The van der Waals surface area contributed by atoms with Gasteiger partial charge in [-0.15, -0.1) is 47.5 Å². The van der Waals surface area contributed by atoms with Crippen molar-refractivity contribution in [2.75, 3.05) is 0 Å². The van der Waals surface area contributed by atoms with E-state index < -0.39 is 19.6 Å². The fourth-order valence-corrected chi connectivity index (χ4v) is 8.35. The molecule has 54 heavy (non-hydrogen) atoms. The Bertz CT molecular complexity index is 2780. The summed E-state index contributed by atoms with van der Waals surface area (Å²) in [5, 5.41) is 4.45. The third kappa shape index (κ3) is 7.69. The molecule has 273 valence electrons. The second-order valence-electron chi connectivity index (χ2n) is 15.8. The van der Waals surface area contributed by atoms with Crippen molar-refractivity contribution in [2.45, 2.75) is 66.6 Å². The second kappa shape index (κ2) is 15.1. The smallest absolute Gasteiger partial charge is 0.128 e. The van der Waals surface area contributed by atoms with E-state index in [2.05, 4.69) is 87.3 Å². The maximum absolute atomic E-state index is 9.51. The second-order valence-corrected chi connectivity index (χ2v) is 15.8. The molecule has 1 fully saturated rings. The van der Waals surface area contributed by atoms with E-state index in [1.165, 1.54) is 17.6 Å². The number of furan rings is 1. The Balaban J connectivity index is 0.000000187. The fourth-order valence-electron chi connectivity index (χ4n) is 8.35. The van der Waals surface area contributed by atoms with E-state index in [4.69, 9.17) is 16.3 Å². The quantitative estimate of drug-likeness (QED) is 0.165. The van der Waals surface area contributed by atoms with Crippen molar-refractivity contribution in [2.24, 2.45) is 10.8 Å². The number of rotatable bonds is 4. The molecule has 1 radical (unpaired) electrons. The first-order valence-corrected chi connectivity index (χ1v) is 18.1. The van der Waals surface area contributed by atoms with Crippen LogP contribution in [0.25, 0.3) is 66.4 Å². The summed E-state index contributed by atoms with van der Waals surface area (Å²) in [6.07, 6.45) is 6.17. The number of nitrogens with zero attached hydrogens (tertiary/aromatic N) is 2. The number of aromatic nitrogens is 2. The largest absolute Gasteiger partial charge is 0.500 e. The molecule has 5 aromatic carbocycles. The van der Waals surface area contributed by atoms with Gasteiger partial charge < -0.3 is 14.4 Å². The molecule has 8 aromatic rings. The van der Waals surface area contributed by atoms with Gasteiger partial charge in [0.15, 0.2) is 0 Å². The zero-order valence-electron chi connectivity index (χ0n) is 37.0. The van der Waals surface area contributed by atoms with E-state index in [1.807, 2.05) is 54.7 Å². The minimum atomic E-state index is -2.23. The predicted octanol–water partition coefficient (Wildman–Crippen LogP) is 13.8. The van der Waals surface area contributed by atoms with Crippen molar-refractivity contribution < 1.29 is 32.7 Å². The summed E-state index contributed by atoms with van der Waals surface area (Å²) in [5.41, 5.74) is 8.16. The fraction of sp³-hybridized carbons (Fsp3) is 0.240. The first-order valence-electron chi connectivity index (χ1n) is 21.3. The number of pyridine rings is 2. The molecule has 0 unspecified atom stereocenters. The zero-order chi connectivity index (χ0) is 41.7. The summed E-state index contributed by atoms with van der Waals surface area (Å²) in [5.74, 6) is -0.638. The van der Waals surface area contributed by atoms with Gasteiger partial charge >= 0.3 is 0 Å². The van der Waals surface area contributed by atoms with Crippen LogP contribution in [0.1, 0.15) is 77.8 Å². The summed E-state index contributed by atoms with van der Waals surface area (Å²) in [6.45, 7) is 5.88. The van der Waals surface area contributed by atoms with Gasteiger partial charge in [0, 0.05) is 51.5 Å². The van der Waals surface area contributed by atoms with Crippen LogP contribution in [-0.4, -0.2) is 9.97 Å². The average Bonchev–Trinajstić information content (AvgIpc) is 3.59. The Morgan fingerprint density at radius 2 is 1.54 bits per heavy atom. The summed E-state index contributed by atoms with van der Waals surface area (Å²) in [4.78, 5) is 9.00. The van der Waals surface area contributed by atoms with Crippen LogP contribution in [0.4, 0.5) is 0 Å². The van der Waals surface area contributed by atoms with E-state index in [0.29, 0.717) is 22.4 Å². The molecule has 4 heteroatoms. The zero-order valence-corrected chi connectivity index (χ0v) is 33.4. The van der Waals surface area contributed by atoms with Crippen molar-refractivity contribution in [1.29, 1.82) is 0 Å². The van der Waals surface area contributed by atoms with Gasteiger partial charge in [-0.3, -0.25) is 0 Å². The van der Waals surface area contributed by atoms with Crippen LogP contribution < -0.4 is 0 Å². The van der Waals surface area contributed by atoms with Crippen molar-refractivity contribution in [3.63, 3.8) is 0 Å². The maximum Gasteiger partial charge on any atom is 0.128 e. The molecule has 0 spiro atoms. The van der Waals surface area contributed by atoms with E-state index in [-0.39, 0.29) is 36.5 Å². The monoisotopic (exact) mass is 889 g/mol. The van der Waals surface area contributed by atoms with Crippen LogP contribution in [0.3, 0.4) is 0 Å². The molecular weight excluding hydrogens is 837 g/mol. The van der Waals surface area contributed by atoms with Crippen LogP contribution in [0.2, 0.25) is 0 Å². The third-order valence-electron chi connectivity index (χ3n) is 10.2. The Kier molecular flexibility index (Phi) is 8.51. The number of aryl methyl sites for hydroxylation is 2. The standard InChI is InChI=1S/C31H30NO.C19H16N.Ir/c1-30(2)17-22(18-31(3,4)19-30)21-14-15-32-27(16-21)26-11-7-10-24-25-13-12-20-8-5-6-9-23(20)28(25)33-29(24)26;1-14-8-11-19(20-13-14)17-10-9-15(2)18(12-17)16-6-4-3-5-7-16;/h5-10,12-16,22H,17-19H2,1-4H3;3-9,11-13H,1-2H3;/q2*-1;/i22D;1D2,2D3;. The van der Waals surface area contributed by atoms with Crippen LogP contribution in [0.15, 0.2) is 132 Å². The van der Waals surface area contributed by atoms with Crippen molar-refractivity contribution in [3.8, 4) is 33.6 Å². The van der Waals surface area contributed by atoms with Gasteiger partial charge in [0.25, 0.3) is 0 Å². The first-order chi connectivity index (χ1) is 28.0. The van der Waals surface area contributed by atoms with Crippen molar-refractivity contribution >= 4 is 32.7 Å². The Morgan fingerprint density at radius 1 is 0.759 bits per heavy atom. The maximum atomic E-state index is 9.51. The number of hydrogen-bond acceptors (Lipinski definition) is 3. The molecule has 0 atom stereocenters. The normalized spacial score (nSPS) is 17.6. The third-order valence-corrected chi connectivity index (χ3v) is 10.2. The SMILES string of the molecule is [2H]C([2H])c1ccc(-c2[c-]cc(C([2H])([2H])[2H])c(-c3ccccc3)c2)nc1.[2H]C1(c2ccnc(-c3[c-]ccc4c3oc3c5ccccc5ccc43)c2)CC(C)(C)CC(C)(C)C1.[Ir]. The van der Waals surface area contributed by atoms with Gasteiger partial charge in [-0.2, -0.15) is 0 Å². The molecule has 0 saturated heterocycles. The van der Waals surface area contributed by atoms with Crippen molar-refractivity contribution in [1.82, 2.24) is 9.97 Å². The van der Waals surface area contributed by atoms with Gasteiger partial charge in [0.1, 0.15) is 5.58 Å². The predicted molar refractivity (Wildman–Crippen MR) is 221 cm³/mol. The van der Waals surface area contributed by atoms with E-state index in [9.17, 15) is 1.37 Å². The molecule has 0 N–H and O–H groups in total. The first kappa shape index (κ1) is 30.4. The van der Waals surface area contributed by atoms with Gasteiger partial charge in [-0.25, -0.2) is 0 Å². The number of fused-ring (bicyclic) bond motifs is 5. The molecule has 3 heterocycles. The molecule has 3 aromatic heterocycles. The summed E-state index contributed by atoms with van der Waals surface area (Å²) in [6, 6.07) is 43.2. The average molecular weight is 889 g/mol. The van der Waals surface area contributed by atoms with Crippen LogP contribution in [-0.2, 0) is 20.1 Å². The minimum absolute atomic E-state index is 0. The van der Waals surface area contributed by atoms with E-state index in [1.54, 1.807) is 18.2 Å². The molecule has 0 bridgehead atoms. The molecule has 1 aliphatic carbocycles. The summed E-state index contributed by atoms with van der Waals surface area (Å²) < 4.78 is 54.1. The van der Waals surface area contributed by atoms with Crippen molar-refractivity contribution in [3.05, 3.63) is 156 Å². The van der Waals surface area contributed by atoms with Gasteiger partial charge in [-0.1, -0.05) is 142 Å². The van der Waals surface area contributed by atoms with Gasteiger partial charge in [-0.05, 0) is 76.8 Å². The van der Waals surface area contributed by atoms with E-state index >= 15 is 0 Å².